The molecule has 1 N–H and O–H groups in total. The standard InChI is InChI=1S/C20H30O4S2/c1-14(17(21)12-18(22)23-3)19(15(2)20-25-10-7-11-26-20)24-13-16-8-5-4-6-9-16/h4-6,8-9,14-15,17,19-21H,7,10-13H2,1-3H3/t14-,15+,17+,19-/m0/s1. The first-order valence-electron chi connectivity index (χ1n) is 9.16. The average molecular weight is 399 g/mol. The second-order valence-electron chi connectivity index (χ2n) is 6.79. The molecule has 146 valence electrons. The van der Waals surface area contributed by atoms with Gasteiger partial charge >= 0.3 is 5.97 Å². The predicted molar refractivity (Wildman–Crippen MR) is 109 cm³/mol. The molecule has 1 aliphatic heterocycles. The summed E-state index contributed by atoms with van der Waals surface area (Å²) in [7, 11) is 1.35. The van der Waals surface area contributed by atoms with Crippen LogP contribution in [0.3, 0.4) is 0 Å². The minimum atomic E-state index is -0.774. The van der Waals surface area contributed by atoms with Gasteiger partial charge < -0.3 is 14.6 Å². The first kappa shape index (κ1) is 21.6. The predicted octanol–water partition coefficient (Wildman–Crippen LogP) is 3.96. The zero-order chi connectivity index (χ0) is 18.9. The Kier molecular flexibility index (Phi) is 9.33. The molecule has 26 heavy (non-hydrogen) atoms. The average Bonchev–Trinajstić information content (AvgIpc) is 2.69. The first-order chi connectivity index (χ1) is 12.5. The summed E-state index contributed by atoms with van der Waals surface area (Å²) >= 11 is 3.96. The van der Waals surface area contributed by atoms with Crippen molar-refractivity contribution in [2.24, 2.45) is 11.8 Å². The van der Waals surface area contributed by atoms with E-state index in [0.717, 1.165) is 5.56 Å². The summed E-state index contributed by atoms with van der Waals surface area (Å²) in [5, 5.41) is 10.5. The zero-order valence-corrected chi connectivity index (χ0v) is 17.4. The number of ether oxygens (including phenoxy) is 2. The highest BCUT2D eigenvalue weighted by Gasteiger charge is 2.36. The highest BCUT2D eigenvalue weighted by Crippen LogP contribution is 2.40. The van der Waals surface area contributed by atoms with Crippen LogP contribution in [0.2, 0.25) is 0 Å². The van der Waals surface area contributed by atoms with Crippen molar-refractivity contribution in [3.63, 3.8) is 0 Å². The zero-order valence-electron chi connectivity index (χ0n) is 15.8. The van der Waals surface area contributed by atoms with Gasteiger partial charge in [-0.05, 0) is 23.5 Å². The van der Waals surface area contributed by atoms with Crippen LogP contribution in [0.1, 0.15) is 32.3 Å². The summed E-state index contributed by atoms with van der Waals surface area (Å²) in [5.74, 6) is 2.08. The van der Waals surface area contributed by atoms with Crippen molar-refractivity contribution in [3.8, 4) is 0 Å². The van der Waals surface area contributed by atoms with E-state index in [9.17, 15) is 9.90 Å². The molecule has 0 aliphatic carbocycles. The highest BCUT2D eigenvalue weighted by atomic mass is 32.2. The number of hydrogen-bond acceptors (Lipinski definition) is 6. The lowest BCUT2D eigenvalue weighted by molar-refractivity contribution is -0.145. The van der Waals surface area contributed by atoms with E-state index in [1.165, 1.54) is 25.0 Å². The number of aliphatic hydroxyl groups excluding tert-OH is 1. The van der Waals surface area contributed by atoms with Gasteiger partial charge in [0, 0.05) is 11.8 Å². The van der Waals surface area contributed by atoms with Crippen molar-refractivity contribution in [1.82, 2.24) is 0 Å². The number of thioether (sulfide) groups is 2. The molecule has 0 spiro atoms. The molecule has 1 saturated heterocycles. The Balaban J connectivity index is 2.06. The van der Waals surface area contributed by atoms with Crippen molar-refractivity contribution >= 4 is 29.5 Å². The van der Waals surface area contributed by atoms with E-state index in [1.807, 2.05) is 60.8 Å². The van der Waals surface area contributed by atoms with E-state index in [2.05, 4.69) is 6.92 Å². The SMILES string of the molecule is COC(=O)C[C@@H](O)[C@H](C)[C@H](OCc1ccccc1)[C@@H](C)C1SCCCS1. The Bertz CT molecular complexity index is 534. The lowest BCUT2D eigenvalue weighted by Gasteiger charge is -2.37. The van der Waals surface area contributed by atoms with Crippen LogP contribution in [-0.2, 0) is 20.9 Å². The van der Waals surface area contributed by atoms with Crippen LogP contribution in [0.4, 0.5) is 0 Å². The van der Waals surface area contributed by atoms with Gasteiger partial charge in [-0.15, -0.1) is 23.5 Å². The maximum atomic E-state index is 11.6. The Morgan fingerprint density at radius 1 is 1.23 bits per heavy atom. The molecule has 4 nitrogen and oxygen atoms in total. The highest BCUT2D eigenvalue weighted by molar-refractivity contribution is 8.17. The van der Waals surface area contributed by atoms with Gasteiger partial charge in [0.15, 0.2) is 0 Å². The number of esters is 1. The molecular formula is C20H30O4S2. The fraction of sp³-hybridized carbons (Fsp3) is 0.650. The van der Waals surface area contributed by atoms with Gasteiger partial charge in [0.1, 0.15) is 0 Å². The minimum absolute atomic E-state index is 0.000532. The minimum Gasteiger partial charge on any atom is -0.469 e. The number of methoxy groups -OCH3 is 1. The normalized spacial score (nSPS) is 20.2. The van der Waals surface area contributed by atoms with E-state index >= 15 is 0 Å². The van der Waals surface area contributed by atoms with Gasteiger partial charge in [-0.3, -0.25) is 4.79 Å². The van der Waals surface area contributed by atoms with Crippen molar-refractivity contribution in [2.75, 3.05) is 18.6 Å². The van der Waals surface area contributed by atoms with Gasteiger partial charge in [-0.1, -0.05) is 44.2 Å². The number of benzene rings is 1. The van der Waals surface area contributed by atoms with E-state index in [4.69, 9.17) is 9.47 Å². The van der Waals surface area contributed by atoms with E-state index in [1.54, 1.807) is 0 Å². The molecule has 0 bridgehead atoms. The third kappa shape index (κ3) is 6.48. The Morgan fingerprint density at radius 3 is 2.50 bits per heavy atom. The molecular weight excluding hydrogens is 368 g/mol. The summed E-state index contributed by atoms with van der Waals surface area (Å²) in [6.07, 6.45) is 0.344. The largest absolute Gasteiger partial charge is 0.469 e. The fourth-order valence-corrected chi connectivity index (χ4v) is 6.32. The van der Waals surface area contributed by atoms with Gasteiger partial charge in [0.2, 0.25) is 0 Å². The summed E-state index contributed by atoms with van der Waals surface area (Å²) < 4.78 is 11.5. The van der Waals surface area contributed by atoms with Crippen LogP contribution < -0.4 is 0 Å². The lowest BCUT2D eigenvalue weighted by Crippen LogP contribution is -2.40. The molecule has 0 saturated carbocycles. The summed E-state index contributed by atoms with van der Waals surface area (Å²) in [6, 6.07) is 10.1. The molecule has 0 radical (unpaired) electrons. The molecule has 1 heterocycles. The molecule has 1 aliphatic rings. The second-order valence-corrected chi connectivity index (χ2v) is 9.59. The van der Waals surface area contributed by atoms with Crippen molar-refractivity contribution in [1.29, 1.82) is 0 Å². The first-order valence-corrected chi connectivity index (χ1v) is 11.3. The second kappa shape index (κ2) is 11.2. The monoisotopic (exact) mass is 398 g/mol. The quantitative estimate of drug-likeness (QED) is 0.636. The van der Waals surface area contributed by atoms with E-state index < -0.39 is 6.10 Å². The Morgan fingerprint density at radius 2 is 1.88 bits per heavy atom. The third-order valence-electron chi connectivity index (χ3n) is 4.81. The number of rotatable bonds is 9. The lowest BCUT2D eigenvalue weighted by atomic mass is 9.88. The number of carbonyl (C=O) groups excluding carboxylic acids is 1. The smallest absolute Gasteiger partial charge is 0.308 e. The third-order valence-corrected chi connectivity index (χ3v) is 8.20. The molecule has 1 aromatic carbocycles. The van der Waals surface area contributed by atoms with Crippen molar-refractivity contribution < 1.29 is 19.4 Å². The Hall–Kier alpha value is -0.690. The van der Waals surface area contributed by atoms with Crippen LogP contribution in [0, 0.1) is 11.8 Å². The maximum Gasteiger partial charge on any atom is 0.308 e. The van der Waals surface area contributed by atoms with Gasteiger partial charge in [-0.2, -0.15) is 0 Å². The van der Waals surface area contributed by atoms with Crippen LogP contribution in [0.25, 0.3) is 0 Å². The van der Waals surface area contributed by atoms with Gasteiger partial charge in [-0.25, -0.2) is 0 Å². The van der Waals surface area contributed by atoms with Crippen molar-refractivity contribution in [3.05, 3.63) is 35.9 Å². The van der Waals surface area contributed by atoms with Gasteiger partial charge in [0.05, 0.1) is 36.9 Å². The summed E-state index contributed by atoms with van der Waals surface area (Å²) in [6.45, 7) is 4.68. The van der Waals surface area contributed by atoms with E-state index in [-0.39, 0.29) is 30.3 Å². The molecule has 1 fully saturated rings. The molecule has 0 aromatic heterocycles. The van der Waals surface area contributed by atoms with Crippen LogP contribution in [-0.4, -0.2) is 46.5 Å². The fourth-order valence-electron chi connectivity index (χ4n) is 3.17. The number of carbonyl (C=O) groups is 1. The summed E-state index contributed by atoms with van der Waals surface area (Å²) in [4.78, 5) is 11.6. The molecule has 4 atom stereocenters. The molecule has 0 unspecified atom stereocenters. The topological polar surface area (TPSA) is 55.8 Å². The summed E-state index contributed by atoms with van der Waals surface area (Å²) in [5.41, 5.74) is 1.11. The van der Waals surface area contributed by atoms with E-state index in [0.29, 0.717) is 11.2 Å². The van der Waals surface area contributed by atoms with Crippen LogP contribution in [0.15, 0.2) is 30.3 Å². The molecule has 1 aromatic rings. The van der Waals surface area contributed by atoms with Gasteiger partial charge in [0.25, 0.3) is 0 Å². The van der Waals surface area contributed by atoms with Crippen LogP contribution >= 0.6 is 23.5 Å². The number of hydrogen-bond donors (Lipinski definition) is 1. The molecule has 0 amide bonds. The number of aliphatic hydroxyl groups is 1. The van der Waals surface area contributed by atoms with Crippen LogP contribution in [0.5, 0.6) is 0 Å². The van der Waals surface area contributed by atoms with Crippen molar-refractivity contribution in [2.45, 2.75) is 50.1 Å². The Labute approximate surface area is 165 Å². The molecule has 6 heteroatoms. The maximum absolute atomic E-state index is 11.6. The molecule has 2 rings (SSSR count).